The average Bonchev–Trinajstić information content (AvgIpc) is 2.49. The highest BCUT2D eigenvalue weighted by Crippen LogP contribution is 2.29. The summed E-state index contributed by atoms with van der Waals surface area (Å²) < 4.78 is 0. The Morgan fingerprint density at radius 2 is 1.75 bits per heavy atom. The second-order valence-corrected chi connectivity index (χ2v) is 4.42. The second-order valence-electron chi connectivity index (χ2n) is 4.42. The Balaban J connectivity index is 0.000001000. The van der Waals surface area contributed by atoms with Crippen molar-refractivity contribution < 1.29 is 0 Å². The third-order valence-electron chi connectivity index (χ3n) is 3.26. The third kappa shape index (κ3) is 3.79. The first-order chi connectivity index (χ1) is 8.93. The van der Waals surface area contributed by atoms with Gasteiger partial charge in [0.05, 0.1) is 0 Å². The summed E-state index contributed by atoms with van der Waals surface area (Å²) in [5.41, 5.74) is 3.82. The molecule has 20 heavy (non-hydrogen) atoms. The molecule has 1 aliphatic rings. The highest BCUT2D eigenvalue weighted by atomic mass is 35.5. The number of hydrogen-bond acceptors (Lipinski definition) is 3. The third-order valence-corrected chi connectivity index (χ3v) is 3.26. The number of pyridine rings is 2. The van der Waals surface area contributed by atoms with Crippen molar-refractivity contribution in [1.82, 2.24) is 15.3 Å². The molecule has 2 aromatic heterocycles. The van der Waals surface area contributed by atoms with Crippen LogP contribution in [0, 0.1) is 0 Å². The topological polar surface area (TPSA) is 37.8 Å². The Morgan fingerprint density at radius 3 is 2.40 bits per heavy atom. The van der Waals surface area contributed by atoms with Crippen LogP contribution in [-0.4, -0.2) is 16.5 Å². The van der Waals surface area contributed by atoms with E-state index in [2.05, 4.69) is 33.5 Å². The second kappa shape index (κ2) is 8.00. The molecule has 0 amide bonds. The van der Waals surface area contributed by atoms with Crippen molar-refractivity contribution in [3.05, 3.63) is 66.3 Å². The van der Waals surface area contributed by atoms with Crippen LogP contribution in [-0.2, 0) is 0 Å². The van der Waals surface area contributed by atoms with E-state index in [1.165, 1.54) is 16.7 Å². The Morgan fingerprint density at radius 1 is 1.00 bits per heavy atom. The van der Waals surface area contributed by atoms with Crippen LogP contribution in [0.2, 0.25) is 0 Å². The van der Waals surface area contributed by atoms with Gasteiger partial charge >= 0.3 is 0 Å². The van der Waals surface area contributed by atoms with Crippen molar-refractivity contribution in [3.63, 3.8) is 0 Å². The normalized spacial score (nSPS) is 17.4. The fourth-order valence-electron chi connectivity index (χ4n) is 2.31. The Bertz CT molecular complexity index is 544. The fraction of sp³-hybridized carbons (Fsp3) is 0.200. The van der Waals surface area contributed by atoms with Gasteiger partial charge in [-0.05, 0) is 35.3 Å². The maximum Gasteiger partial charge on any atom is 0.0378 e. The zero-order valence-corrected chi connectivity index (χ0v) is 12.5. The predicted molar refractivity (Wildman–Crippen MR) is 86.3 cm³/mol. The van der Waals surface area contributed by atoms with Crippen molar-refractivity contribution in [2.24, 2.45) is 0 Å². The van der Waals surface area contributed by atoms with E-state index in [9.17, 15) is 0 Å². The van der Waals surface area contributed by atoms with Gasteiger partial charge in [0.2, 0.25) is 0 Å². The summed E-state index contributed by atoms with van der Waals surface area (Å²) in [4.78, 5) is 8.37. The summed E-state index contributed by atoms with van der Waals surface area (Å²) in [6.07, 6.45) is 10.7. The van der Waals surface area contributed by atoms with E-state index in [1.54, 1.807) is 0 Å². The Hall–Kier alpha value is -1.42. The molecule has 5 heteroatoms. The van der Waals surface area contributed by atoms with Crippen LogP contribution in [0.4, 0.5) is 0 Å². The molecule has 1 aliphatic heterocycles. The van der Waals surface area contributed by atoms with E-state index in [0.29, 0.717) is 6.04 Å². The van der Waals surface area contributed by atoms with Crippen LogP contribution in [0.1, 0.15) is 23.6 Å². The fourth-order valence-corrected chi connectivity index (χ4v) is 2.31. The molecule has 1 N–H and O–H groups in total. The molecule has 0 saturated heterocycles. The largest absolute Gasteiger partial charge is 0.306 e. The van der Waals surface area contributed by atoms with Crippen LogP contribution in [0.15, 0.2) is 55.1 Å². The summed E-state index contributed by atoms with van der Waals surface area (Å²) in [7, 11) is 0. The lowest BCUT2D eigenvalue weighted by Crippen LogP contribution is -2.25. The summed E-state index contributed by atoms with van der Waals surface area (Å²) in [6, 6.07) is 8.55. The number of halogens is 2. The van der Waals surface area contributed by atoms with Gasteiger partial charge in [-0.25, -0.2) is 0 Å². The molecule has 0 aromatic carbocycles. The van der Waals surface area contributed by atoms with E-state index in [-0.39, 0.29) is 24.8 Å². The van der Waals surface area contributed by atoms with E-state index in [4.69, 9.17) is 0 Å². The van der Waals surface area contributed by atoms with Crippen molar-refractivity contribution in [2.75, 3.05) is 6.54 Å². The van der Waals surface area contributed by atoms with E-state index in [1.807, 2.05) is 36.9 Å². The highest BCUT2D eigenvalue weighted by Gasteiger charge is 2.17. The molecule has 0 spiro atoms. The molecule has 106 valence electrons. The van der Waals surface area contributed by atoms with Crippen LogP contribution < -0.4 is 5.32 Å². The molecule has 0 saturated carbocycles. The first-order valence-electron chi connectivity index (χ1n) is 6.16. The lowest BCUT2D eigenvalue weighted by molar-refractivity contribution is 0.562. The van der Waals surface area contributed by atoms with Crippen molar-refractivity contribution in [1.29, 1.82) is 0 Å². The van der Waals surface area contributed by atoms with E-state index >= 15 is 0 Å². The lowest BCUT2D eigenvalue weighted by atomic mass is 9.93. The molecule has 1 atom stereocenters. The molecule has 3 heterocycles. The van der Waals surface area contributed by atoms with Gasteiger partial charge in [-0.1, -0.05) is 18.2 Å². The van der Waals surface area contributed by atoms with Crippen molar-refractivity contribution >= 4 is 30.4 Å². The van der Waals surface area contributed by atoms with Crippen LogP contribution in [0.3, 0.4) is 0 Å². The maximum absolute atomic E-state index is 4.19. The SMILES string of the molecule is C1=C(c2cccnc2)C[C@@H](c2cccnc2)NC1.Cl.Cl. The van der Waals surface area contributed by atoms with E-state index in [0.717, 1.165) is 13.0 Å². The Kier molecular flexibility index (Phi) is 6.65. The molecule has 3 rings (SSSR count). The number of nitrogens with zero attached hydrogens (tertiary/aromatic N) is 2. The quantitative estimate of drug-likeness (QED) is 0.923. The molecule has 0 unspecified atom stereocenters. The lowest BCUT2D eigenvalue weighted by Gasteiger charge is -2.24. The minimum absolute atomic E-state index is 0. The van der Waals surface area contributed by atoms with Gasteiger partial charge < -0.3 is 5.32 Å². The van der Waals surface area contributed by atoms with Crippen molar-refractivity contribution in [2.45, 2.75) is 12.5 Å². The minimum Gasteiger partial charge on any atom is -0.306 e. The molecule has 3 nitrogen and oxygen atoms in total. The van der Waals surface area contributed by atoms with Crippen LogP contribution in [0.25, 0.3) is 5.57 Å². The maximum atomic E-state index is 4.19. The summed E-state index contributed by atoms with van der Waals surface area (Å²) in [5, 5.41) is 3.50. The average molecular weight is 310 g/mol. The van der Waals surface area contributed by atoms with Crippen LogP contribution >= 0.6 is 24.8 Å². The molecule has 0 bridgehead atoms. The van der Waals surface area contributed by atoms with Crippen LogP contribution in [0.5, 0.6) is 0 Å². The van der Waals surface area contributed by atoms with Gasteiger partial charge in [0, 0.05) is 37.4 Å². The zero-order chi connectivity index (χ0) is 12.2. The predicted octanol–water partition coefficient (Wildman–Crippen LogP) is 3.44. The summed E-state index contributed by atoms with van der Waals surface area (Å²) in [5.74, 6) is 0. The van der Waals surface area contributed by atoms with Gasteiger partial charge in [-0.3, -0.25) is 9.97 Å². The highest BCUT2D eigenvalue weighted by molar-refractivity contribution is 5.85. The van der Waals surface area contributed by atoms with Gasteiger partial charge in [-0.2, -0.15) is 0 Å². The van der Waals surface area contributed by atoms with Gasteiger partial charge in [0.1, 0.15) is 0 Å². The molecule has 0 fully saturated rings. The first kappa shape index (κ1) is 16.6. The monoisotopic (exact) mass is 309 g/mol. The molecular formula is C15H17Cl2N3. The Labute approximate surface area is 131 Å². The molecule has 2 aromatic rings. The molecular weight excluding hydrogens is 293 g/mol. The summed E-state index contributed by atoms with van der Waals surface area (Å²) >= 11 is 0. The minimum atomic E-state index is 0. The van der Waals surface area contributed by atoms with Gasteiger partial charge in [-0.15, -0.1) is 24.8 Å². The van der Waals surface area contributed by atoms with Gasteiger partial charge in [0.25, 0.3) is 0 Å². The standard InChI is InChI=1S/C15H15N3.2ClH/c1-3-13(10-16-6-1)12-5-8-18-15(9-12)14-4-2-7-17-11-14;;/h1-7,10-11,15,18H,8-9H2;2*1H/t15-;;/m0../s1. The zero-order valence-electron chi connectivity index (χ0n) is 10.9. The first-order valence-corrected chi connectivity index (χ1v) is 6.16. The molecule has 0 aliphatic carbocycles. The van der Waals surface area contributed by atoms with E-state index < -0.39 is 0 Å². The smallest absolute Gasteiger partial charge is 0.0378 e. The van der Waals surface area contributed by atoms with Crippen molar-refractivity contribution in [3.8, 4) is 0 Å². The number of hydrogen-bond donors (Lipinski definition) is 1. The number of rotatable bonds is 2. The van der Waals surface area contributed by atoms with Gasteiger partial charge in [0.15, 0.2) is 0 Å². The number of aromatic nitrogens is 2. The number of nitrogens with one attached hydrogen (secondary N) is 1. The summed E-state index contributed by atoms with van der Waals surface area (Å²) in [6.45, 7) is 0.893. The molecule has 0 radical (unpaired) electrons.